The maximum absolute atomic E-state index is 14.0. The fourth-order valence-corrected chi connectivity index (χ4v) is 6.14. The van der Waals surface area contributed by atoms with Gasteiger partial charge in [0.25, 0.3) is 0 Å². The van der Waals surface area contributed by atoms with Gasteiger partial charge >= 0.3 is 5.97 Å². The quantitative estimate of drug-likeness (QED) is 0.570. The number of benzene rings is 2. The lowest BCUT2D eigenvalue weighted by Gasteiger charge is -2.29. The number of aromatic nitrogens is 1. The van der Waals surface area contributed by atoms with Gasteiger partial charge in [-0.1, -0.05) is 17.7 Å². The van der Waals surface area contributed by atoms with Crippen LogP contribution in [0.4, 0.5) is 4.39 Å². The Hall–Kier alpha value is -2.71. The van der Waals surface area contributed by atoms with Crippen LogP contribution in [0.25, 0.3) is 10.9 Å². The van der Waals surface area contributed by atoms with E-state index in [2.05, 4.69) is 4.72 Å². The number of aliphatic carboxylic acids is 1. The highest BCUT2D eigenvalue weighted by Gasteiger charge is 2.30. The Balaban J connectivity index is 1.54. The molecule has 1 aliphatic rings. The second-order valence-electron chi connectivity index (χ2n) is 8.62. The molecule has 3 aromatic rings. The number of halogens is 1. The largest absolute Gasteiger partial charge is 0.480 e. The summed E-state index contributed by atoms with van der Waals surface area (Å²) in [6.07, 6.45) is 2.81. The van der Waals surface area contributed by atoms with E-state index in [0.29, 0.717) is 18.4 Å². The molecule has 0 unspecified atom stereocenters. The van der Waals surface area contributed by atoms with Gasteiger partial charge in [0.15, 0.2) is 0 Å². The lowest BCUT2D eigenvalue weighted by atomic mass is 9.81. The summed E-state index contributed by atoms with van der Waals surface area (Å²) in [6.45, 7) is 3.61. The Morgan fingerprint density at radius 3 is 2.38 bits per heavy atom. The number of carbonyl (C=O) groups is 1. The molecule has 1 aliphatic carbocycles. The van der Waals surface area contributed by atoms with Gasteiger partial charge in [-0.05, 0) is 81.3 Å². The highest BCUT2D eigenvalue weighted by atomic mass is 32.2. The normalized spacial score (nSPS) is 19.3. The van der Waals surface area contributed by atoms with E-state index in [1.165, 1.54) is 12.1 Å². The third-order valence-electron chi connectivity index (χ3n) is 6.42. The smallest absolute Gasteiger partial charge is 0.323 e. The van der Waals surface area contributed by atoms with Gasteiger partial charge in [-0.25, -0.2) is 17.5 Å². The first-order valence-electron chi connectivity index (χ1n) is 10.7. The minimum atomic E-state index is -3.59. The Kier molecular flexibility index (Phi) is 6.09. The van der Waals surface area contributed by atoms with E-state index < -0.39 is 16.0 Å². The lowest BCUT2D eigenvalue weighted by Crippen LogP contribution is -2.37. The van der Waals surface area contributed by atoms with E-state index >= 15 is 0 Å². The van der Waals surface area contributed by atoms with Crippen LogP contribution in [0.5, 0.6) is 0 Å². The van der Waals surface area contributed by atoms with E-state index in [1.807, 2.05) is 13.8 Å². The van der Waals surface area contributed by atoms with Crippen LogP contribution in [0.1, 0.15) is 48.4 Å². The van der Waals surface area contributed by atoms with Crippen molar-refractivity contribution in [1.29, 1.82) is 0 Å². The number of carboxylic acid groups (broad SMARTS) is 1. The minimum Gasteiger partial charge on any atom is -0.480 e. The van der Waals surface area contributed by atoms with E-state index in [1.54, 1.807) is 34.9 Å². The third kappa shape index (κ3) is 4.42. The first-order chi connectivity index (χ1) is 15.2. The molecular weight excluding hydrogens is 431 g/mol. The van der Waals surface area contributed by atoms with Crippen LogP contribution in [-0.4, -0.2) is 30.1 Å². The monoisotopic (exact) mass is 458 g/mol. The van der Waals surface area contributed by atoms with Crippen molar-refractivity contribution < 1.29 is 22.7 Å². The van der Waals surface area contributed by atoms with Crippen LogP contribution in [0.2, 0.25) is 0 Å². The first-order valence-corrected chi connectivity index (χ1v) is 12.2. The number of nitrogens with zero attached hydrogens (tertiary/aromatic N) is 1. The number of nitrogens with one attached hydrogen (secondary N) is 1. The molecule has 1 aromatic heterocycles. The number of aryl methyl sites for hydroxylation is 1. The molecule has 170 valence electrons. The fraction of sp³-hybridized carbons (Fsp3) is 0.375. The van der Waals surface area contributed by atoms with Gasteiger partial charge in [0.2, 0.25) is 10.0 Å². The summed E-state index contributed by atoms with van der Waals surface area (Å²) >= 11 is 0. The average molecular weight is 459 g/mol. The second kappa shape index (κ2) is 8.67. The Labute approximate surface area is 187 Å². The molecule has 2 aromatic carbocycles. The summed E-state index contributed by atoms with van der Waals surface area (Å²) < 4.78 is 44.0. The van der Waals surface area contributed by atoms with Gasteiger partial charge in [-0.2, -0.15) is 0 Å². The zero-order valence-corrected chi connectivity index (χ0v) is 19.0. The fourth-order valence-electron chi connectivity index (χ4n) is 4.84. The molecule has 0 bridgehead atoms. The van der Waals surface area contributed by atoms with E-state index in [4.69, 9.17) is 0 Å². The molecular formula is C24H27FN2O4S. The summed E-state index contributed by atoms with van der Waals surface area (Å²) in [7, 11) is -3.59. The number of rotatable bonds is 6. The average Bonchev–Trinajstić information content (AvgIpc) is 2.99. The van der Waals surface area contributed by atoms with Gasteiger partial charge in [-0.3, -0.25) is 4.79 Å². The predicted octanol–water partition coefficient (Wildman–Crippen LogP) is 4.49. The van der Waals surface area contributed by atoms with Crippen molar-refractivity contribution in [1.82, 2.24) is 9.29 Å². The SMILES string of the molecule is Cc1ccc(S(=O)(=O)NC2CCC(c3c(C)n(CC(=O)O)c4ccc(F)cc34)CC2)cc1. The predicted molar refractivity (Wildman–Crippen MR) is 121 cm³/mol. The van der Waals surface area contributed by atoms with Gasteiger partial charge in [0.1, 0.15) is 12.4 Å². The number of sulfonamides is 1. The molecule has 32 heavy (non-hydrogen) atoms. The third-order valence-corrected chi connectivity index (χ3v) is 7.95. The van der Waals surface area contributed by atoms with Gasteiger partial charge < -0.3 is 9.67 Å². The van der Waals surface area contributed by atoms with Crippen molar-refractivity contribution >= 4 is 26.9 Å². The van der Waals surface area contributed by atoms with Crippen molar-refractivity contribution in [3.63, 3.8) is 0 Å². The lowest BCUT2D eigenvalue weighted by molar-refractivity contribution is -0.137. The molecule has 4 rings (SSSR count). The highest BCUT2D eigenvalue weighted by Crippen LogP contribution is 2.40. The van der Waals surface area contributed by atoms with Crippen molar-refractivity contribution in [2.24, 2.45) is 0 Å². The maximum Gasteiger partial charge on any atom is 0.323 e. The molecule has 0 spiro atoms. The van der Waals surface area contributed by atoms with Crippen molar-refractivity contribution in [3.8, 4) is 0 Å². The zero-order valence-electron chi connectivity index (χ0n) is 18.1. The number of carboxylic acids is 1. The molecule has 1 fully saturated rings. The van der Waals surface area contributed by atoms with Gasteiger partial charge in [0.05, 0.1) is 4.90 Å². The highest BCUT2D eigenvalue weighted by molar-refractivity contribution is 7.89. The van der Waals surface area contributed by atoms with Crippen LogP contribution in [0, 0.1) is 19.7 Å². The molecule has 0 amide bonds. The van der Waals surface area contributed by atoms with Crippen LogP contribution in [0.3, 0.4) is 0 Å². The molecule has 1 heterocycles. The molecule has 8 heteroatoms. The molecule has 1 saturated carbocycles. The van der Waals surface area contributed by atoms with Crippen molar-refractivity contribution in [3.05, 3.63) is 65.1 Å². The topological polar surface area (TPSA) is 88.4 Å². The summed E-state index contributed by atoms with van der Waals surface area (Å²) in [5, 5.41) is 10.1. The second-order valence-corrected chi connectivity index (χ2v) is 10.3. The zero-order chi connectivity index (χ0) is 23.0. The molecule has 6 nitrogen and oxygen atoms in total. The van der Waals surface area contributed by atoms with E-state index in [-0.39, 0.29) is 29.2 Å². The van der Waals surface area contributed by atoms with Crippen LogP contribution in [-0.2, 0) is 21.4 Å². The Morgan fingerprint density at radius 1 is 1.09 bits per heavy atom. The van der Waals surface area contributed by atoms with Gasteiger partial charge in [0, 0.05) is 22.6 Å². The minimum absolute atomic E-state index is 0.120. The number of hydrogen-bond acceptors (Lipinski definition) is 3. The van der Waals surface area contributed by atoms with E-state index in [9.17, 15) is 22.7 Å². The van der Waals surface area contributed by atoms with Crippen LogP contribution < -0.4 is 4.72 Å². The summed E-state index contributed by atoms with van der Waals surface area (Å²) in [4.78, 5) is 11.6. The first kappa shape index (κ1) is 22.5. The molecule has 0 saturated heterocycles. The molecule has 0 aliphatic heterocycles. The number of fused-ring (bicyclic) bond motifs is 1. The standard InChI is InChI=1S/C24H27FN2O4S/c1-15-3-10-20(11-4-15)32(30,31)26-19-8-5-17(6-9-19)24-16(2)27(14-23(28)29)22-12-7-18(25)13-21(22)24/h3-4,7,10-13,17,19,26H,5-6,8-9,14H2,1-2H3,(H,28,29). The molecule has 2 N–H and O–H groups in total. The molecule has 0 atom stereocenters. The molecule has 0 radical (unpaired) electrons. The van der Waals surface area contributed by atoms with Crippen LogP contribution >= 0.6 is 0 Å². The van der Waals surface area contributed by atoms with Crippen LogP contribution in [0.15, 0.2) is 47.4 Å². The summed E-state index contributed by atoms with van der Waals surface area (Å²) in [5.74, 6) is -1.18. The van der Waals surface area contributed by atoms with Crippen molar-refractivity contribution in [2.75, 3.05) is 0 Å². The van der Waals surface area contributed by atoms with E-state index in [0.717, 1.165) is 35.0 Å². The summed E-state index contributed by atoms with van der Waals surface area (Å²) in [6, 6.07) is 11.1. The van der Waals surface area contributed by atoms with Gasteiger partial charge in [-0.15, -0.1) is 0 Å². The number of hydrogen-bond donors (Lipinski definition) is 2. The summed E-state index contributed by atoms with van der Waals surface area (Å²) in [5.41, 5.74) is 3.51. The van der Waals surface area contributed by atoms with Crippen molar-refractivity contribution in [2.45, 2.75) is 62.9 Å². The Bertz CT molecular complexity index is 1260. The maximum atomic E-state index is 14.0. The Morgan fingerprint density at radius 2 is 1.75 bits per heavy atom.